The van der Waals surface area contributed by atoms with Crippen LogP contribution in [0.2, 0.25) is 6.04 Å². The number of rotatable bonds is 8. The fourth-order valence-electron chi connectivity index (χ4n) is 1.67. The Labute approximate surface area is 120 Å². The number of hydrogen-bond donors (Lipinski definition) is 0. The molecular formula is C14H18N2O3Si. The van der Waals surface area contributed by atoms with Gasteiger partial charge in [0.05, 0.1) is 17.2 Å². The molecule has 6 heteroatoms. The first-order valence-electron chi connectivity index (χ1n) is 6.46. The lowest BCUT2D eigenvalue weighted by Gasteiger charge is -2.13. The normalized spacial score (nSPS) is 13.0. The molecule has 0 aromatic heterocycles. The number of nitriles is 1. The van der Waals surface area contributed by atoms with Crippen LogP contribution in [-0.2, 0) is 0 Å². The van der Waals surface area contributed by atoms with Crippen LogP contribution >= 0.6 is 0 Å². The summed E-state index contributed by atoms with van der Waals surface area (Å²) in [5, 5.41) is 19.3. The smallest absolute Gasteiger partial charge is 0.269 e. The van der Waals surface area contributed by atoms with Gasteiger partial charge in [-0.05, 0) is 25.5 Å². The van der Waals surface area contributed by atoms with Crippen molar-refractivity contribution in [3.8, 4) is 11.8 Å². The van der Waals surface area contributed by atoms with Gasteiger partial charge in [-0.15, -0.1) is 12.3 Å². The Kier molecular flexibility index (Phi) is 6.47. The Morgan fingerprint density at radius 3 is 2.70 bits per heavy atom. The van der Waals surface area contributed by atoms with Crippen LogP contribution in [0.3, 0.4) is 0 Å². The summed E-state index contributed by atoms with van der Waals surface area (Å²) < 4.78 is 5.64. The molecule has 1 aromatic carbocycles. The van der Waals surface area contributed by atoms with Crippen LogP contribution in [0.1, 0.15) is 13.3 Å². The average molecular weight is 290 g/mol. The molecule has 0 aliphatic heterocycles. The molecule has 0 N–H and O–H groups in total. The summed E-state index contributed by atoms with van der Waals surface area (Å²) in [6.45, 7) is 5.73. The summed E-state index contributed by atoms with van der Waals surface area (Å²) in [5.74, 6) is 0.688. The molecule has 0 bridgehead atoms. The number of non-ortho nitro benzene ring substituents is 1. The highest BCUT2D eigenvalue weighted by atomic mass is 28.3. The maximum Gasteiger partial charge on any atom is 0.269 e. The van der Waals surface area contributed by atoms with Gasteiger partial charge in [-0.2, -0.15) is 5.26 Å². The van der Waals surface area contributed by atoms with E-state index in [1.807, 2.05) is 12.6 Å². The van der Waals surface area contributed by atoms with E-state index in [9.17, 15) is 10.1 Å². The highest BCUT2D eigenvalue weighted by Crippen LogP contribution is 2.18. The van der Waals surface area contributed by atoms with E-state index in [4.69, 9.17) is 10.00 Å². The zero-order valence-electron chi connectivity index (χ0n) is 11.5. The first kappa shape index (κ1) is 15.9. The van der Waals surface area contributed by atoms with E-state index in [-0.39, 0.29) is 11.6 Å². The van der Waals surface area contributed by atoms with Crippen molar-refractivity contribution in [2.45, 2.75) is 19.4 Å². The van der Waals surface area contributed by atoms with Gasteiger partial charge in [0.2, 0.25) is 0 Å². The zero-order chi connectivity index (χ0) is 15.0. The third-order valence-electron chi connectivity index (χ3n) is 3.04. The Balaban J connectivity index is 2.46. The lowest BCUT2D eigenvalue weighted by molar-refractivity contribution is -0.384. The summed E-state index contributed by atoms with van der Waals surface area (Å²) in [6, 6.07) is 9.26. The minimum atomic E-state index is -1.23. The third-order valence-corrected chi connectivity index (χ3v) is 5.37. The van der Waals surface area contributed by atoms with E-state index >= 15 is 0 Å². The predicted molar refractivity (Wildman–Crippen MR) is 80.1 cm³/mol. The molecule has 0 saturated carbocycles. The lowest BCUT2D eigenvalue weighted by Crippen LogP contribution is -2.21. The van der Waals surface area contributed by atoms with Crippen LogP contribution in [0.25, 0.3) is 0 Å². The molecular weight excluding hydrogens is 272 g/mol. The number of nitro groups is 1. The van der Waals surface area contributed by atoms with Crippen LogP contribution in [0.5, 0.6) is 5.75 Å². The molecule has 0 fully saturated rings. The van der Waals surface area contributed by atoms with Crippen LogP contribution in [0, 0.1) is 27.4 Å². The molecule has 106 valence electrons. The van der Waals surface area contributed by atoms with Crippen molar-refractivity contribution in [1.82, 2.24) is 0 Å². The SMILES string of the molecule is C=C[SiH](CCC(C)C#N)COc1ccc([N+](=O)[O-])cc1. The van der Waals surface area contributed by atoms with Crippen LogP contribution in [0.4, 0.5) is 5.69 Å². The second kappa shape index (κ2) is 8.12. The van der Waals surface area contributed by atoms with Crippen LogP contribution < -0.4 is 4.74 Å². The Morgan fingerprint density at radius 1 is 1.55 bits per heavy atom. The van der Waals surface area contributed by atoms with Gasteiger partial charge in [0.25, 0.3) is 5.69 Å². The number of nitrogens with zero attached hydrogens (tertiary/aromatic N) is 2. The minimum Gasteiger partial charge on any atom is -0.497 e. The number of ether oxygens (including phenoxy) is 1. The van der Waals surface area contributed by atoms with Gasteiger partial charge in [-0.25, -0.2) is 0 Å². The predicted octanol–water partition coefficient (Wildman–Crippen LogP) is 3.01. The fraction of sp³-hybridized carbons (Fsp3) is 0.357. The molecule has 2 atom stereocenters. The molecule has 0 aliphatic rings. The fourth-order valence-corrected chi connectivity index (χ4v) is 3.54. The van der Waals surface area contributed by atoms with Gasteiger partial charge in [-0.1, -0.05) is 6.04 Å². The quantitative estimate of drug-likeness (QED) is 0.419. The van der Waals surface area contributed by atoms with E-state index < -0.39 is 13.7 Å². The van der Waals surface area contributed by atoms with Gasteiger partial charge in [0, 0.05) is 18.1 Å². The Hall–Kier alpha value is -2.13. The van der Waals surface area contributed by atoms with Crippen molar-refractivity contribution in [2.75, 3.05) is 6.23 Å². The summed E-state index contributed by atoms with van der Waals surface area (Å²) in [7, 11) is -1.23. The minimum absolute atomic E-state index is 0.0534. The summed E-state index contributed by atoms with van der Waals surface area (Å²) >= 11 is 0. The molecule has 1 rings (SSSR count). The monoisotopic (exact) mass is 290 g/mol. The van der Waals surface area contributed by atoms with Crippen molar-refractivity contribution in [3.05, 3.63) is 46.7 Å². The Bertz CT molecular complexity index is 496. The standard InChI is InChI=1S/C14H18N2O3Si/c1-3-20(9-8-12(2)10-15)11-19-14-6-4-13(5-7-14)16(17)18/h3-7,12,20H,1,8-9,11H2,2H3. The molecule has 1 aromatic rings. The zero-order valence-corrected chi connectivity index (χ0v) is 12.6. The maximum atomic E-state index is 10.5. The number of hydrogen-bond acceptors (Lipinski definition) is 4. The Morgan fingerprint density at radius 2 is 2.20 bits per heavy atom. The van der Waals surface area contributed by atoms with Crippen molar-refractivity contribution in [3.63, 3.8) is 0 Å². The first-order valence-corrected chi connectivity index (χ1v) is 8.76. The van der Waals surface area contributed by atoms with Gasteiger partial charge < -0.3 is 4.74 Å². The van der Waals surface area contributed by atoms with Crippen molar-refractivity contribution < 1.29 is 9.66 Å². The first-order chi connectivity index (χ1) is 9.56. The van der Waals surface area contributed by atoms with Crippen molar-refractivity contribution >= 4 is 14.5 Å². The van der Waals surface area contributed by atoms with Crippen LogP contribution in [-0.4, -0.2) is 20.0 Å². The maximum absolute atomic E-state index is 10.5. The second-order valence-corrected chi connectivity index (χ2v) is 7.57. The van der Waals surface area contributed by atoms with Crippen LogP contribution in [0.15, 0.2) is 36.5 Å². The molecule has 5 nitrogen and oxygen atoms in total. The number of benzene rings is 1. The molecule has 0 spiro atoms. The van der Waals surface area contributed by atoms with E-state index in [1.165, 1.54) is 12.1 Å². The van der Waals surface area contributed by atoms with Crippen molar-refractivity contribution in [2.24, 2.45) is 5.92 Å². The van der Waals surface area contributed by atoms with E-state index in [1.54, 1.807) is 12.1 Å². The molecule has 0 radical (unpaired) electrons. The van der Waals surface area contributed by atoms with Crippen molar-refractivity contribution in [1.29, 1.82) is 5.26 Å². The molecule has 20 heavy (non-hydrogen) atoms. The van der Waals surface area contributed by atoms with Gasteiger partial charge in [0.15, 0.2) is 0 Å². The van der Waals surface area contributed by atoms with Gasteiger partial charge in [0.1, 0.15) is 14.5 Å². The van der Waals surface area contributed by atoms with E-state index in [0.717, 1.165) is 12.5 Å². The third kappa shape index (κ3) is 5.24. The van der Waals surface area contributed by atoms with Gasteiger partial charge in [-0.3, -0.25) is 10.1 Å². The summed E-state index contributed by atoms with van der Waals surface area (Å²) in [4.78, 5) is 10.1. The topological polar surface area (TPSA) is 76.2 Å². The lowest BCUT2D eigenvalue weighted by atomic mass is 10.1. The molecule has 0 heterocycles. The molecule has 2 unspecified atom stereocenters. The summed E-state index contributed by atoms with van der Waals surface area (Å²) in [6.07, 6.45) is 1.46. The second-order valence-electron chi connectivity index (χ2n) is 4.67. The summed E-state index contributed by atoms with van der Waals surface area (Å²) in [5.41, 5.74) is 2.01. The average Bonchev–Trinajstić information content (AvgIpc) is 2.47. The number of nitro benzene ring substituents is 1. The van der Waals surface area contributed by atoms with Gasteiger partial charge >= 0.3 is 0 Å². The highest BCUT2D eigenvalue weighted by molar-refractivity contribution is 6.64. The largest absolute Gasteiger partial charge is 0.497 e. The van der Waals surface area contributed by atoms with E-state index in [0.29, 0.717) is 12.0 Å². The highest BCUT2D eigenvalue weighted by Gasteiger charge is 2.11. The molecule has 0 saturated heterocycles. The molecule has 0 amide bonds. The van der Waals surface area contributed by atoms with E-state index in [2.05, 4.69) is 12.6 Å². The molecule has 0 aliphatic carbocycles.